The number of methoxy groups -OCH3 is 1. The Morgan fingerprint density at radius 2 is 2.00 bits per heavy atom. The third kappa shape index (κ3) is 5.56. The molecule has 1 spiro atoms. The van der Waals surface area contributed by atoms with Gasteiger partial charge in [0, 0.05) is 40.2 Å². The van der Waals surface area contributed by atoms with Crippen molar-refractivity contribution in [2.75, 3.05) is 47.4 Å². The summed E-state index contributed by atoms with van der Waals surface area (Å²) in [6.07, 6.45) is 1.50. The first kappa shape index (κ1) is 22.9. The van der Waals surface area contributed by atoms with Crippen molar-refractivity contribution in [3.05, 3.63) is 0 Å². The van der Waals surface area contributed by atoms with Gasteiger partial charge >= 0.3 is 13.9 Å². The van der Waals surface area contributed by atoms with E-state index in [9.17, 15) is 13.9 Å². The van der Waals surface area contributed by atoms with Crippen LogP contribution in [0.4, 0.5) is 9.11 Å². The molecule has 0 aromatic rings. The van der Waals surface area contributed by atoms with Crippen molar-refractivity contribution in [1.29, 1.82) is 0 Å². The maximum atomic E-state index is 12.5. The smallest absolute Gasteiger partial charge is 0.443 e. The molecule has 1 saturated carbocycles. The number of epoxide rings is 1. The zero-order valence-corrected chi connectivity index (χ0v) is 17.1. The highest BCUT2D eigenvalue weighted by Gasteiger charge is 2.58. The molecule has 0 aromatic heterocycles. The molecule has 1 N–H and O–H groups in total. The van der Waals surface area contributed by atoms with Gasteiger partial charge in [-0.15, -0.1) is 0 Å². The van der Waals surface area contributed by atoms with Crippen LogP contribution in [-0.4, -0.2) is 94.8 Å². The minimum absolute atomic E-state index is 0.104. The van der Waals surface area contributed by atoms with Crippen molar-refractivity contribution in [2.45, 2.75) is 44.0 Å². The molecule has 2 aliphatic rings. The van der Waals surface area contributed by atoms with Crippen LogP contribution >= 0.6 is 0 Å². The van der Waals surface area contributed by atoms with Gasteiger partial charge in [-0.05, 0) is 19.3 Å². The number of rotatable bonds is 10. The summed E-state index contributed by atoms with van der Waals surface area (Å²) < 4.78 is 33.2. The molecule has 1 heterocycles. The van der Waals surface area contributed by atoms with Gasteiger partial charge < -0.3 is 28.8 Å². The predicted octanol–water partition coefficient (Wildman–Crippen LogP) is 0.243. The lowest BCUT2D eigenvalue weighted by Crippen LogP contribution is -2.51. The first-order valence-corrected chi connectivity index (χ1v) is 9.61. The molecule has 2 rings (SSSR count). The molecule has 9 nitrogen and oxygen atoms in total. The summed E-state index contributed by atoms with van der Waals surface area (Å²) in [4.78, 5) is 27.2. The van der Waals surface area contributed by atoms with Gasteiger partial charge in [0.25, 0.3) is 0 Å². The third-order valence-electron chi connectivity index (χ3n) is 5.66. The Bertz CT molecular complexity index is 539. The summed E-state index contributed by atoms with van der Waals surface area (Å²) in [6.45, 7) is 3.32. The molecule has 11 heteroatoms. The Balaban J connectivity index is 1.79. The molecule has 1 aliphatic carbocycles. The van der Waals surface area contributed by atoms with Gasteiger partial charge in [-0.1, -0.05) is 6.92 Å². The number of hydroxylamine groups is 1. The van der Waals surface area contributed by atoms with E-state index >= 15 is 0 Å². The molecule has 160 valence electrons. The van der Waals surface area contributed by atoms with Crippen LogP contribution in [-0.2, 0) is 23.8 Å². The van der Waals surface area contributed by atoms with Crippen LogP contribution in [0.2, 0.25) is 0 Å². The van der Waals surface area contributed by atoms with Gasteiger partial charge in [0.15, 0.2) is 0 Å². The zero-order chi connectivity index (χ0) is 20.7. The van der Waals surface area contributed by atoms with Gasteiger partial charge in [-0.2, -0.15) is 0 Å². The second-order valence-corrected chi connectivity index (χ2v) is 7.34. The van der Waals surface area contributed by atoms with Crippen LogP contribution in [0, 0.1) is 5.92 Å². The van der Waals surface area contributed by atoms with Gasteiger partial charge in [-0.25, -0.2) is 10.3 Å². The molecule has 0 radical (unpaired) electrons. The Hall–Kier alpha value is -1.43. The number of nitrogens with one attached hydrogen (secondary N) is 1. The number of likely N-dealkylation sites (N-methyl/N-ethyl adjacent to an activating group) is 2. The largest absolute Gasteiger partial charge is 0.498 e. The van der Waals surface area contributed by atoms with Crippen molar-refractivity contribution in [3.63, 3.8) is 0 Å². The SMILES string of the molecule is CCC1C(OC)C(OC(=O)N(C)CCN(C)C(=O)CNOBF)CC[C@]12CO2. The fourth-order valence-corrected chi connectivity index (χ4v) is 3.81. The lowest BCUT2D eigenvalue weighted by atomic mass is 9.74. The van der Waals surface area contributed by atoms with Crippen molar-refractivity contribution >= 4 is 19.8 Å². The van der Waals surface area contributed by atoms with Crippen LogP contribution < -0.4 is 5.48 Å². The number of carbonyl (C=O) groups is 2. The van der Waals surface area contributed by atoms with Crippen LogP contribution in [0.15, 0.2) is 0 Å². The Morgan fingerprint density at radius 3 is 2.57 bits per heavy atom. The van der Waals surface area contributed by atoms with Gasteiger partial charge in [0.2, 0.25) is 5.91 Å². The molecule has 1 saturated heterocycles. The predicted molar refractivity (Wildman–Crippen MR) is 100 cm³/mol. The first-order chi connectivity index (χ1) is 13.4. The Labute approximate surface area is 166 Å². The van der Waals surface area contributed by atoms with Gasteiger partial charge in [0.1, 0.15) is 6.10 Å². The number of amides is 2. The van der Waals surface area contributed by atoms with E-state index in [1.54, 1.807) is 21.2 Å². The minimum Gasteiger partial charge on any atom is -0.443 e. The molecule has 0 aromatic carbocycles. The van der Waals surface area contributed by atoms with E-state index in [-0.39, 0.29) is 36.2 Å². The quantitative estimate of drug-likeness (QED) is 0.242. The van der Waals surface area contributed by atoms with Crippen molar-refractivity contribution < 1.29 is 32.9 Å². The van der Waals surface area contributed by atoms with Gasteiger partial charge in [0.05, 0.1) is 24.9 Å². The van der Waals surface area contributed by atoms with E-state index < -0.39 is 13.9 Å². The highest BCUT2D eigenvalue weighted by Crippen LogP contribution is 2.49. The standard InChI is InChI=1S/C17H31BFN3O6/c1-5-12-15(25-4)13(6-7-17(12)11-26-17)27-16(24)22(3)9-8-21(2)14(23)10-20-28-18-19/h12-13,15,18,20H,5-11H2,1-4H3/t12?,13?,15?,17-/m0/s1. The molecule has 2 fully saturated rings. The zero-order valence-electron chi connectivity index (χ0n) is 17.1. The maximum Gasteiger partial charge on any atom is 0.498 e. The summed E-state index contributed by atoms with van der Waals surface area (Å²) in [5, 5.41) is 0. The highest BCUT2D eigenvalue weighted by atomic mass is 19.1. The van der Waals surface area contributed by atoms with E-state index in [1.807, 2.05) is 0 Å². The monoisotopic (exact) mass is 403 g/mol. The number of hydrogen-bond donors (Lipinski definition) is 1. The second kappa shape index (κ2) is 10.4. The van der Waals surface area contributed by atoms with Crippen LogP contribution in [0.3, 0.4) is 0 Å². The lowest BCUT2D eigenvalue weighted by molar-refractivity contribution is -0.130. The van der Waals surface area contributed by atoms with E-state index in [0.717, 1.165) is 19.4 Å². The topological polar surface area (TPSA) is 92.9 Å². The summed E-state index contributed by atoms with van der Waals surface area (Å²) in [5.41, 5.74) is 2.11. The Kier molecular flexibility index (Phi) is 8.47. The number of hydrogen-bond acceptors (Lipinski definition) is 7. The van der Waals surface area contributed by atoms with E-state index in [2.05, 4.69) is 17.2 Å². The maximum absolute atomic E-state index is 12.5. The molecule has 2 amide bonds. The summed E-state index contributed by atoms with van der Waals surface area (Å²) >= 11 is 0. The summed E-state index contributed by atoms with van der Waals surface area (Å²) in [6, 6.07) is 0. The van der Waals surface area contributed by atoms with E-state index in [1.165, 1.54) is 9.80 Å². The second-order valence-electron chi connectivity index (χ2n) is 7.34. The normalized spacial score (nSPS) is 28.7. The average molecular weight is 403 g/mol. The van der Waals surface area contributed by atoms with Gasteiger partial charge in [-0.3, -0.25) is 9.11 Å². The summed E-state index contributed by atoms with van der Waals surface area (Å²) in [5.74, 6) is -0.0698. The number of ether oxygens (including phenoxy) is 3. The lowest BCUT2D eigenvalue weighted by Gasteiger charge is -2.40. The first-order valence-electron chi connectivity index (χ1n) is 9.61. The molecular formula is C17H31BFN3O6. The Morgan fingerprint density at radius 1 is 1.32 bits per heavy atom. The van der Waals surface area contributed by atoms with Crippen LogP contribution in [0.1, 0.15) is 26.2 Å². The molecule has 3 unspecified atom stereocenters. The fraction of sp³-hybridized carbons (Fsp3) is 0.882. The number of nitrogens with zero attached hydrogens (tertiary/aromatic N) is 2. The average Bonchev–Trinajstić information content (AvgIpc) is 3.46. The van der Waals surface area contributed by atoms with Crippen LogP contribution in [0.25, 0.3) is 0 Å². The molecule has 1 aliphatic heterocycles. The minimum atomic E-state index is -1.01. The molecular weight excluding hydrogens is 372 g/mol. The molecule has 4 atom stereocenters. The van der Waals surface area contributed by atoms with Crippen molar-refractivity contribution in [3.8, 4) is 0 Å². The van der Waals surface area contributed by atoms with E-state index in [4.69, 9.17) is 14.2 Å². The highest BCUT2D eigenvalue weighted by molar-refractivity contribution is 6.16. The van der Waals surface area contributed by atoms with E-state index in [0.29, 0.717) is 19.5 Å². The van der Waals surface area contributed by atoms with Crippen molar-refractivity contribution in [2.24, 2.45) is 5.92 Å². The molecule has 0 bridgehead atoms. The third-order valence-corrected chi connectivity index (χ3v) is 5.66. The molecule has 28 heavy (non-hydrogen) atoms. The summed E-state index contributed by atoms with van der Waals surface area (Å²) in [7, 11) is 3.85. The number of carbonyl (C=O) groups excluding carboxylic acids is 2. The number of halogens is 1. The van der Waals surface area contributed by atoms with Crippen LogP contribution in [0.5, 0.6) is 0 Å². The fourth-order valence-electron chi connectivity index (χ4n) is 3.81. The van der Waals surface area contributed by atoms with Crippen molar-refractivity contribution in [1.82, 2.24) is 15.3 Å².